The maximum atomic E-state index is 10.7. The molecule has 0 saturated carbocycles. The van der Waals surface area contributed by atoms with E-state index >= 15 is 0 Å². The fraction of sp³-hybridized carbons (Fsp3) is 0.455. The molecule has 1 aliphatic rings. The quantitative estimate of drug-likeness (QED) is 0.499. The zero-order valence-electron chi connectivity index (χ0n) is 9.28. The highest BCUT2D eigenvalue weighted by atomic mass is 127. The van der Waals surface area contributed by atoms with E-state index in [1.807, 2.05) is 28.7 Å². The molecule has 1 atom stereocenters. The Bertz CT molecular complexity index is 419. The first kappa shape index (κ1) is 12.6. The maximum Gasteiger partial charge on any atom is 0.282 e. The van der Waals surface area contributed by atoms with Crippen molar-refractivity contribution in [2.24, 2.45) is 0 Å². The smallest absolute Gasteiger partial charge is 0.282 e. The van der Waals surface area contributed by atoms with Gasteiger partial charge < -0.3 is 10.6 Å². The number of nitro benzene ring substituents is 1. The minimum Gasteiger partial charge on any atom is -0.383 e. The molecule has 1 saturated heterocycles. The summed E-state index contributed by atoms with van der Waals surface area (Å²) < 4.78 is 0.664. The van der Waals surface area contributed by atoms with Crippen LogP contribution in [0.25, 0.3) is 0 Å². The van der Waals surface area contributed by atoms with Crippen molar-refractivity contribution in [1.82, 2.24) is 5.32 Å². The van der Waals surface area contributed by atoms with E-state index in [0.717, 1.165) is 18.8 Å². The maximum absolute atomic E-state index is 10.7. The van der Waals surface area contributed by atoms with Crippen LogP contribution in [0.15, 0.2) is 18.2 Å². The van der Waals surface area contributed by atoms with Gasteiger partial charge in [0.1, 0.15) is 0 Å². The molecule has 1 aromatic rings. The summed E-state index contributed by atoms with van der Waals surface area (Å²) in [4.78, 5) is 10.3. The van der Waals surface area contributed by atoms with Gasteiger partial charge >= 0.3 is 0 Å². The summed E-state index contributed by atoms with van der Waals surface area (Å²) in [7, 11) is 0. The molecule has 0 radical (unpaired) electrons. The van der Waals surface area contributed by atoms with Crippen molar-refractivity contribution < 1.29 is 4.92 Å². The molecule has 92 valence electrons. The van der Waals surface area contributed by atoms with Crippen LogP contribution in [0, 0.1) is 13.7 Å². The van der Waals surface area contributed by atoms with Crippen molar-refractivity contribution in [2.45, 2.75) is 18.9 Å². The fourth-order valence-corrected chi connectivity index (χ4v) is 2.65. The minimum absolute atomic E-state index is 0.162. The van der Waals surface area contributed by atoms with Gasteiger partial charge in [0.25, 0.3) is 5.69 Å². The Balaban J connectivity index is 1.97. The van der Waals surface area contributed by atoms with E-state index in [1.54, 1.807) is 12.1 Å². The summed E-state index contributed by atoms with van der Waals surface area (Å²) in [6.45, 7) is 1.96. The third-order valence-electron chi connectivity index (χ3n) is 2.86. The van der Waals surface area contributed by atoms with E-state index in [-0.39, 0.29) is 10.6 Å². The van der Waals surface area contributed by atoms with Gasteiger partial charge in [-0.3, -0.25) is 10.1 Å². The van der Waals surface area contributed by atoms with Crippen LogP contribution in [0.2, 0.25) is 0 Å². The number of benzene rings is 1. The van der Waals surface area contributed by atoms with Crippen LogP contribution in [0.3, 0.4) is 0 Å². The van der Waals surface area contributed by atoms with Crippen molar-refractivity contribution in [3.05, 3.63) is 31.9 Å². The Labute approximate surface area is 113 Å². The second-order valence-corrected chi connectivity index (χ2v) is 5.26. The number of nitro groups is 1. The molecule has 1 fully saturated rings. The van der Waals surface area contributed by atoms with Gasteiger partial charge in [-0.1, -0.05) is 0 Å². The highest BCUT2D eigenvalue weighted by Crippen LogP contribution is 2.24. The topological polar surface area (TPSA) is 67.2 Å². The van der Waals surface area contributed by atoms with E-state index in [2.05, 4.69) is 10.6 Å². The Hall–Kier alpha value is -0.890. The zero-order chi connectivity index (χ0) is 12.3. The third kappa shape index (κ3) is 3.29. The second-order valence-electron chi connectivity index (χ2n) is 4.10. The predicted octanol–water partition coefficient (Wildman–Crippen LogP) is 2.36. The molecule has 5 nitrogen and oxygen atoms in total. The first-order valence-corrected chi connectivity index (χ1v) is 6.66. The third-order valence-corrected chi connectivity index (χ3v) is 3.72. The number of hydrogen-bond donors (Lipinski definition) is 2. The molecular formula is C11H14IN3O2. The van der Waals surface area contributed by atoms with E-state index in [1.165, 1.54) is 12.8 Å². The largest absolute Gasteiger partial charge is 0.383 e. The Morgan fingerprint density at radius 3 is 3.00 bits per heavy atom. The number of nitrogens with zero attached hydrogens (tertiary/aromatic N) is 1. The van der Waals surface area contributed by atoms with Crippen LogP contribution < -0.4 is 10.6 Å². The average Bonchev–Trinajstić information content (AvgIpc) is 2.78. The van der Waals surface area contributed by atoms with Gasteiger partial charge in [-0.2, -0.15) is 0 Å². The van der Waals surface area contributed by atoms with E-state index in [4.69, 9.17) is 0 Å². The molecule has 0 amide bonds. The molecule has 2 rings (SSSR count). The standard InChI is InChI=1S/C11H14IN3O2/c12-10-6-8(3-4-11(10)15(16)17)14-7-9-2-1-5-13-9/h3-4,6,9,13-14H,1-2,5,7H2. The summed E-state index contributed by atoms with van der Waals surface area (Å²) in [5, 5.41) is 17.4. The summed E-state index contributed by atoms with van der Waals surface area (Å²) in [6, 6.07) is 5.64. The van der Waals surface area contributed by atoms with Crippen LogP contribution in [0.1, 0.15) is 12.8 Å². The zero-order valence-corrected chi connectivity index (χ0v) is 11.4. The number of hydrogen-bond acceptors (Lipinski definition) is 4. The number of halogens is 1. The lowest BCUT2D eigenvalue weighted by Gasteiger charge is -2.12. The summed E-state index contributed by atoms with van der Waals surface area (Å²) in [5.74, 6) is 0. The van der Waals surface area contributed by atoms with Crippen LogP contribution in [0.5, 0.6) is 0 Å². The molecule has 0 spiro atoms. The molecule has 17 heavy (non-hydrogen) atoms. The summed E-state index contributed by atoms with van der Waals surface area (Å²) in [5.41, 5.74) is 1.10. The van der Waals surface area contributed by atoms with Crippen molar-refractivity contribution in [3.63, 3.8) is 0 Å². The van der Waals surface area contributed by atoms with Gasteiger partial charge in [-0.25, -0.2) is 0 Å². The monoisotopic (exact) mass is 347 g/mol. The summed E-state index contributed by atoms with van der Waals surface area (Å²) >= 11 is 1.99. The molecule has 0 bridgehead atoms. The van der Waals surface area contributed by atoms with E-state index < -0.39 is 0 Å². The van der Waals surface area contributed by atoms with Gasteiger partial charge in [0.15, 0.2) is 0 Å². The SMILES string of the molecule is O=[N+]([O-])c1ccc(NCC2CCCN2)cc1I. The van der Waals surface area contributed by atoms with E-state index in [9.17, 15) is 10.1 Å². The molecule has 1 heterocycles. The molecule has 0 aromatic heterocycles. The first-order valence-electron chi connectivity index (χ1n) is 5.58. The molecule has 1 aliphatic heterocycles. The number of rotatable bonds is 4. The van der Waals surface area contributed by atoms with Crippen LogP contribution in [0.4, 0.5) is 11.4 Å². The number of anilines is 1. The highest BCUT2D eigenvalue weighted by Gasteiger charge is 2.14. The van der Waals surface area contributed by atoms with Gasteiger partial charge in [0.2, 0.25) is 0 Å². The van der Waals surface area contributed by atoms with E-state index in [0.29, 0.717) is 9.61 Å². The molecule has 1 aromatic carbocycles. The highest BCUT2D eigenvalue weighted by molar-refractivity contribution is 14.1. The van der Waals surface area contributed by atoms with Gasteiger partial charge in [0, 0.05) is 24.3 Å². The van der Waals surface area contributed by atoms with Gasteiger partial charge in [-0.15, -0.1) is 0 Å². The molecule has 2 N–H and O–H groups in total. The van der Waals surface area contributed by atoms with Crippen LogP contribution >= 0.6 is 22.6 Å². The Morgan fingerprint density at radius 2 is 2.41 bits per heavy atom. The fourth-order valence-electron chi connectivity index (χ4n) is 1.94. The van der Waals surface area contributed by atoms with Crippen molar-refractivity contribution in [1.29, 1.82) is 0 Å². The van der Waals surface area contributed by atoms with Crippen molar-refractivity contribution in [2.75, 3.05) is 18.4 Å². The molecule has 0 aliphatic carbocycles. The second kappa shape index (κ2) is 5.63. The van der Waals surface area contributed by atoms with Gasteiger partial charge in [-0.05, 0) is 54.1 Å². The van der Waals surface area contributed by atoms with Crippen molar-refractivity contribution >= 4 is 34.0 Å². The molecular weight excluding hydrogens is 333 g/mol. The molecule has 1 unspecified atom stereocenters. The normalized spacial score (nSPS) is 19.2. The van der Waals surface area contributed by atoms with Crippen LogP contribution in [-0.4, -0.2) is 24.1 Å². The average molecular weight is 347 g/mol. The van der Waals surface area contributed by atoms with Gasteiger partial charge in [0.05, 0.1) is 8.49 Å². The lowest BCUT2D eigenvalue weighted by molar-refractivity contribution is -0.385. The Morgan fingerprint density at radius 1 is 1.59 bits per heavy atom. The van der Waals surface area contributed by atoms with Crippen LogP contribution in [-0.2, 0) is 0 Å². The lowest BCUT2D eigenvalue weighted by Crippen LogP contribution is -2.29. The Kier molecular flexibility index (Phi) is 4.16. The minimum atomic E-state index is -0.357. The molecule has 6 heteroatoms. The predicted molar refractivity (Wildman–Crippen MR) is 75.3 cm³/mol. The van der Waals surface area contributed by atoms with Crippen molar-refractivity contribution in [3.8, 4) is 0 Å². The summed E-state index contributed by atoms with van der Waals surface area (Å²) in [6.07, 6.45) is 2.42. The lowest BCUT2D eigenvalue weighted by atomic mass is 10.2. The number of nitrogens with one attached hydrogen (secondary N) is 2. The first-order chi connectivity index (χ1) is 8.16.